The van der Waals surface area contributed by atoms with Crippen LogP contribution in [0.2, 0.25) is 0 Å². The molecule has 1 atom stereocenters. The van der Waals surface area contributed by atoms with Crippen molar-refractivity contribution in [2.75, 3.05) is 18.5 Å². The fraction of sp³-hybridized carbons (Fsp3) is 0.600. The molecule has 1 saturated heterocycles. The van der Waals surface area contributed by atoms with E-state index in [0.717, 1.165) is 25.1 Å². The van der Waals surface area contributed by atoms with E-state index in [0.29, 0.717) is 12.4 Å². The average molecular weight is 278 g/mol. The lowest BCUT2D eigenvalue weighted by Crippen LogP contribution is -2.30. The van der Waals surface area contributed by atoms with Crippen molar-refractivity contribution in [3.05, 3.63) is 23.4 Å². The lowest BCUT2D eigenvalue weighted by atomic mass is 9.90. The molecule has 1 fully saturated rings. The van der Waals surface area contributed by atoms with Crippen LogP contribution in [0, 0.1) is 0 Å². The maximum absolute atomic E-state index is 11.2. The Labute approximate surface area is 119 Å². The molecule has 2 N–H and O–H groups in total. The van der Waals surface area contributed by atoms with Gasteiger partial charge >= 0.3 is 5.97 Å². The lowest BCUT2D eigenvalue weighted by molar-refractivity contribution is 0.0696. The number of pyridine rings is 1. The number of anilines is 1. The predicted molar refractivity (Wildman–Crippen MR) is 77.4 cm³/mol. The minimum atomic E-state index is -0.930. The number of aromatic nitrogens is 1. The molecule has 2 rings (SSSR count). The Balaban J connectivity index is 2.26. The molecule has 0 amide bonds. The van der Waals surface area contributed by atoms with E-state index in [1.54, 1.807) is 12.1 Å². The highest BCUT2D eigenvalue weighted by Crippen LogP contribution is 2.24. The first kappa shape index (κ1) is 14.8. The molecule has 0 saturated carbocycles. The number of rotatable bonds is 3. The summed E-state index contributed by atoms with van der Waals surface area (Å²) >= 11 is 0. The molecule has 0 bridgehead atoms. The van der Waals surface area contributed by atoms with Gasteiger partial charge in [-0.2, -0.15) is 0 Å². The number of hydrogen-bond donors (Lipinski definition) is 2. The van der Waals surface area contributed by atoms with E-state index in [2.05, 4.69) is 10.3 Å². The Kier molecular flexibility index (Phi) is 4.28. The van der Waals surface area contributed by atoms with Gasteiger partial charge in [0.05, 0.1) is 18.2 Å². The van der Waals surface area contributed by atoms with E-state index in [1.807, 2.05) is 20.8 Å². The molecule has 0 aromatic carbocycles. The third-order valence-electron chi connectivity index (χ3n) is 3.35. The second-order valence-corrected chi connectivity index (χ2v) is 6.24. The molecule has 0 spiro atoms. The molecule has 0 radical (unpaired) electrons. The van der Waals surface area contributed by atoms with Crippen LogP contribution >= 0.6 is 0 Å². The second-order valence-electron chi connectivity index (χ2n) is 6.24. The highest BCUT2D eigenvalue weighted by atomic mass is 16.5. The minimum Gasteiger partial charge on any atom is -0.478 e. The fourth-order valence-corrected chi connectivity index (χ4v) is 2.18. The van der Waals surface area contributed by atoms with Gasteiger partial charge in [-0.3, -0.25) is 0 Å². The van der Waals surface area contributed by atoms with Gasteiger partial charge in [-0.05, 0) is 25.0 Å². The SMILES string of the molecule is CC(C)(C)c1cc(C(=O)O)cc(NC2CCCOC2)n1. The van der Waals surface area contributed by atoms with Crippen molar-refractivity contribution in [3.63, 3.8) is 0 Å². The number of hydrogen-bond acceptors (Lipinski definition) is 4. The van der Waals surface area contributed by atoms with Crippen LogP contribution in [0.4, 0.5) is 5.82 Å². The van der Waals surface area contributed by atoms with E-state index in [9.17, 15) is 9.90 Å². The summed E-state index contributed by atoms with van der Waals surface area (Å²) in [6, 6.07) is 3.44. The van der Waals surface area contributed by atoms with Crippen LogP contribution in [0.3, 0.4) is 0 Å². The van der Waals surface area contributed by atoms with Crippen molar-refractivity contribution in [2.24, 2.45) is 0 Å². The Bertz CT molecular complexity index is 488. The first-order chi connectivity index (χ1) is 9.36. The third-order valence-corrected chi connectivity index (χ3v) is 3.35. The number of carbonyl (C=O) groups is 1. The molecule has 5 heteroatoms. The van der Waals surface area contributed by atoms with Gasteiger partial charge in [0, 0.05) is 17.7 Å². The second kappa shape index (κ2) is 5.79. The molecule has 1 unspecified atom stereocenters. The number of aromatic carboxylic acids is 1. The van der Waals surface area contributed by atoms with Crippen molar-refractivity contribution >= 4 is 11.8 Å². The van der Waals surface area contributed by atoms with Crippen molar-refractivity contribution in [1.29, 1.82) is 0 Å². The zero-order chi connectivity index (χ0) is 14.8. The Morgan fingerprint density at radius 3 is 2.75 bits per heavy atom. The number of carboxylic acid groups (broad SMARTS) is 1. The maximum atomic E-state index is 11.2. The van der Waals surface area contributed by atoms with Gasteiger partial charge in [-0.15, -0.1) is 0 Å². The smallest absolute Gasteiger partial charge is 0.335 e. The maximum Gasteiger partial charge on any atom is 0.335 e. The van der Waals surface area contributed by atoms with E-state index >= 15 is 0 Å². The summed E-state index contributed by atoms with van der Waals surface area (Å²) in [7, 11) is 0. The normalized spacial score (nSPS) is 19.6. The Morgan fingerprint density at radius 1 is 1.45 bits per heavy atom. The molecule has 20 heavy (non-hydrogen) atoms. The standard InChI is InChI=1S/C15H22N2O3/c1-15(2,3)12-7-10(14(18)19)8-13(17-12)16-11-5-4-6-20-9-11/h7-8,11H,4-6,9H2,1-3H3,(H,16,17)(H,18,19). The fourth-order valence-electron chi connectivity index (χ4n) is 2.18. The molecule has 1 aliphatic rings. The molecule has 110 valence electrons. The number of nitrogens with zero attached hydrogens (tertiary/aromatic N) is 1. The summed E-state index contributed by atoms with van der Waals surface area (Å²) in [5, 5.41) is 12.5. The summed E-state index contributed by atoms with van der Waals surface area (Å²) in [6.07, 6.45) is 2.03. The molecule has 2 heterocycles. The highest BCUT2D eigenvalue weighted by molar-refractivity contribution is 5.88. The molecule has 1 aromatic heterocycles. The van der Waals surface area contributed by atoms with Gasteiger partial charge in [0.15, 0.2) is 0 Å². The molecule has 1 aromatic rings. The van der Waals surface area contributed by atoms with Crippen LogP contribution in [0.1, 0.15) is 49.7 Å². The van der Waals surface area contributed by atoms with E-state index in [-0.39, 0.29) is 17.0 Å². The number of ether oxygens (including phenoxy) is 1. The van der Waals surface area contributed by atoms with Crippen molar-refractivity contribution in [3.8, 4) is 0 Å². The molecule has 5 nitrogen and oxygen atoms in total. The van der Waals surface area contributed by atoms with E-state index < -0.39 is 5.97 Å². The van der Waals surface area contributed by atoms with Crippen molar-refractivity contribution < 1.29 is 14.6 Å². The largest absolute Gasteiger partial charge is 0.478 e. The topological polar surface area (TPSA) is 71.5 Å². The average Bonchev–Trinajstić information content (AvgIpc) is 2.38. The van der Waals surface area contributed by atoms with Crippen LogP contribution in [0.5, 0.6) is 0 Å². The zero-order valence-electron chi connectivity index (χ0n) is 12.3. The molecule has 0 aliphatic carbocycles. The lowest BCUT2D eigenvalue weighted by Gasteiger charge is -2.25. The van der Waals surface area contributed by atoms with Crippen molar-refractivity contribution in [2.45, 2.75) is 45.1 Å². The van der Waals surface area contributed by atoms with Crippen LogP contribution < -0.4 is 5.32 Å². The molecular weight excluding hydrogens is 256 g/mol. The summed E-state index contributed by atoms with van der Waals surface area (Å²) in [5.41, 5.74) is 0.853. The summed E-state index contributed by atoms with van der Waals surface area (Å²) in [6.45, 7) is 7.51. The minimum absolute atomic E-state index is 0.190. The van der Waals surface area contributed by atoms with Gasteiger partial charge in [-0.1, -0.05) is 20.8 Å². The Hall–Kier alpha value is -1.62. The quantitative estimate of drug-likeness (QED) is 0.889. The van der Waals surface area contributed by atoms with Gasteiger partial charge in [0.25, 0.3) is 0 Å². The van der Waals surface area contributed by atoms with E-state index in [1.165, 1.54) is 0 Å². The molecular formula is C15H22N2O3. The van der Waals surface area contributed by atoms with Crippen LogP contribution in [0.15, 0.2) is 12.1 Å². The monoisotopic (exact) mass is 278 g/mol. The zero-order valence-corrected chi connectivity index (χ0v) is 12.3. The first-order valence-corrected chi connectivity index (χ1v) is 6.96. The van der Waals surface area contributed by atoms with Crippen LogP contribution in [0.25, 0.3) is 0 Å². The van der Waals surface area contributed by atoms with Crippen molar-refractivity contribution in [1.82, 2.24) is 4.98 Å². The third kappa shape index (κ3) is 3.70. The summed E-state index contributed by atoms with van der Waals surface area (Å²) < 4.78 is 5.42. The Morgan fingerprint density at radius 2 is 2.20 bits per heavy atom. The van der Waals surface area contributed by atoms with Crippen LogP contribution in [-0.2, 0) is 10.2 Å². The number of nitrogens with one attached hydrogen (secondary N) is 1. The van der Waals surface area contributed by atoms with Gasteiger partial charge in [-0.25, -0.2) is 9.78 Å². The van der Waals surface area contributed by atoms with Gasteiger partial charge in [0.2, 0.25) is 0 Å². The highest BCUT2D eigenvalue weighted by Gasteiger charge is 2.20. The summed E-state index contributed by atoms with van der Waals surface area (Å²) in [5.74, 6) is -0.314. The molecule has 1 aliphatic heterocycles. The summed E-state index contributed by atoms with van der Waals surface area (Å²) in [4.78, 5) is 15.8. The van der Waals surface area contributed by atoms with Gasteiger partial charge in [0.1, 0.15) is 5.82 Å². The van der Waals surface area contributed by atoms with Crippen LogP contribution in [-0.4, -0.2) is 35.3 Å². The van der Waals surface area contributed by atoms with Gasteiger partial charge < -0.3 is 15.2 Å². The predicted octanol–water partition coefficient (Wildman–Crippen LogP) is 2.67. The first-order valence-electron chi connectivity index (χ1n) is 6.96. The van der Waals surface area contributed by atoms with E-state index in [4.69, 9.17) is 4.74 Å². The number of carboxylic acids is 1.